The van der Waals surface area contributed by atoms with Crippen LogP contribution in [0.5, 0.6) is 0 Å². The molecular weight excluding hydrogens is 336 g/mol. The molecule has 2 nitrogen and oxygen atoms in total. The van der Waals surface area contributed by atoms with Gasteiger partial charge in [-0.25, -0.2) is 0 Å². The van der Waals surface area contributed by atoms with Gasteiger partial charge in [0.25, 0.3) is 0 Å². The van der Waals surface area contributed by atoms with Crippen LogP contribution < -0.4 is 5.73 Å². The zero-order valence-electron chi connectivity index (χ0n) is 9.56. The van der Waals surface area contributed by atoms with E-state index in [4.69, 9.17) is 5.73 Å². The van der Waals surface area contributed by atoms with Gasteiger partial charge in [-0.1, -0.05) is 32.4 Å². The van der Waals surface area contributed by atoms with Gasteiger partial charge in [0.2, 0.25) is 0 Å². The van der Waals surface area contributed by atoms with E-state index in [1.165, 1.54) is 0 Å². The highest BCUT2D eigenvalue weighted by atomic mass is 127. The molecule has 4 heteroatoms. The molecule has 3 N–H and O–H groups in total. The lowest BCUT2D eigenvalue weighted by Gasteiger charge is -2.24. The number of aliphatic hydroxyl groups excluding tert-OH is 1. The smallest absolute Gasteiger partial charge is 0.0758 e. The van der Waals surface area contributed by atoms with E-state index in [9.17, 15) is 5.11 Å². The van der Waals surface area contributed by atoms with Crippen molar-refractivity contribution in [3.8, 4) is 0 Å². The van der Waals surface area contributed by atoms with Gasteiger partial charge in [0, 0.05) is 3.57 Å². The summed E-state index contributed by atoms with van der Waals surface area (Å²) in [6, 6.07) is 7.71. The molecule has 3 atom stereocenters. The Kier molecular flexibility index (Phi) is 7.55. The summed E-state index contributed by atoms with van der Waals surface area (Å²) in [6.45, 7) is 4.09. The van der Waals surface area contributed by atoms with Crippen LogP contribution in [-0.4, -0.2) is 11.2 Å². The first kappa shape index (κ1) is 16.2. The second-order valence-electron chi connectivity index (χ2n) is 3.96. The van der Waals surface area contributed by atoms with E-state index in [1.807, 2.05) is 31.2 Å². The van der Waals surface area contributed by atoms with Crippen molar-refractivity contribution in [1.82, 2.24) is 0 Å². The maximum atomic E-state index is 10.0. The van der Waals surface area contributed by atoms with Crippen molar-refractivity contribution in [3.05, 3.63) is 33.4 Å². The summed E-state index contributed by atoms with van der Waals surface area (Å²) in [6.07, 6.45) is 0.479. The molecule has 0 aromatic heterocycles. The van der Waals surface area contributed by atoms with Gasteiger partial charge in [-0.2, -0.15) is 0 Å². The van der Waals surface area contributed by atoms with Crippen LogP contribution in [0.15, 0.2) is 24.3 Å². The molecule has 1 unspecified atom stereocenters. The number of benzene rings is 1. The molecular formula is C12H19ClINO. The maximum Gasteiger partial charge on any atom is 0.0758 e. The van der Waals surface area contributed by atoms with Gasteiger partial charge in [0.15, 0.2) is 0 Å². The normalized spacial score (nSPS) is 16.1. The third-order valence-electron chi connectivity index (χ3n) is 2.83. The second-order valence-corrected chi connectivity index (χ2v) is 5.20. The van der Waals surface area contributed by atoms with Crippen molar-refractivity contribution in [3.63, 3.8) is 0 Å². The SMILES string of the molecule is CCC(C)[C@H](O)[C@H](N)c1cccc(I)c1.Cl. The van der Waals surface area contributed by atoms with E-state index in [1.54, 1.807) is 0 Å². The molecule has 0 fully saturated rings. The van der Waals surface area contributed by atoms with Gasteiger partial charge < -0.3 is 10.8 Å². The van der Waals surface area contributed by atoms with E-state index < -0.39 is 6.10 Å². The van der Waals surface area contributed by atoms with Gasteiger partial charge in [-0.15, -0.1) is 12.4 Å². The van der Waals surface area contributed by atoms with E-state index in [0.29, 0.717) is 0 Å². The fraction of sp³-hybridized carbons (Fsp3) is 0.500. The van der Waals surface area contributed by atoms with Crippen molar-refractivity contribution < 1.29 is 5.11 Å². The molecule has 1 rings (SSSR count). The van der Waals surface area contributed by atoms with Crippen LogP contribution in [0.25, 0.3) is 0 Å². The van der Waals surface area contributed by atoms with E-state index in [2.05, 4.69) is 29.5 Å². The first-order valence-corrected chi connectivity index (χ1v) is 6.33. The van der Waals surface area contributed by atoms with Crippen LogP contribution >= 0.6 is 35.0 Å². The van der Waals surface area contributed by atoms with Crippen molar-refractivity contribution in [2.75, 3.05) is 0 Å². The number of hydrogen-bond donors (Lipinski definition) is 2. The molecule has 0 aliphatic rings. The standard InChI is InChI=1S/C12H18INO.ClH/c1-3-8(2)12(15)11(14)9-5-4-6-10(13)7-9;/h4-8,11-12,15H,3,14H2,1-2H3;1H/t8?,11-,12+;/m1./s1. The Hall–Kier alpha value is 0.160. The Bertz CT molecular complexity index is 322. The number of hydrogen-bond acceptors (Lipinski definition) is 2. The van der Waals surface area contributed by atoms with E-state index >= 15 is 0 Å². The fourth-order valence-electron chi connectivity index (χ4n) is 1.51. The largest absolute Gasteiger partial charge is 0.391 e. The zero-order chi connectivity index (χ0) is 11.4. The Balaban J connectivity index is 0.00000225. The molecule has 0 aliphatic heterocycles. The average molecular weight is 356 g/mol. The topological polar surface area (TPSA) is 46.2 Å². The lowest BCUT2D eigenvalue weighted by molar-refractivity contribution is 0.0880. The molecule has 1 aromatic carbocycles. The van der Waals surface area contributed by atoms with Crippen LogP contribution in [0.1, 0.15) is 31.9 Å². The van der Waals surface area contributed by atoms with Crippen LogP contribution in [-0.2, 0) is 0 Å². The minimum Gasteiger partial charge on any atom is -0.391 e. The quantitative estimate of drug-likeness (QED) is 0.815. The highest BCUT2D eigenvalue weighted by Gasteiger charge is 2.21. The zero-order valence-corrected chi connectivity index (χ0v) is 12.5. The highest BCUT2D eigenvalue weighted by Crippen LogP contribution is 2.22. The predicted octanol–water partition coefficient (Wildman–Crippen LogP) is 3.12. The fourth-order valence-corrected chi connectivity index (χ4v) is 2.07. The average Bonchev–Trinajstić information content (AvgIpc) is 2.26. The molecule has 0 saturated carbocycles. The first-order chi connectivity index (χ1) is 7.06. The second kappa shape index (κ2) is 7.48. The Morgan fingerprint density at radius 2 is 2.06 bits per heavy atom. The third-order valence-corrected chi connectivity index (χ3v) is 3.50. The van der Waals surface area contributed by atoms with Gasteiger partial charge in [0.1, 0.15) is 0 Å². The molecule has 0 saturated heterocycles. The number of rotatable bonds is 4. The van der Waals surface area contributed by atoms with Gasteiger partial charge in [-0.05, 0) is 46.2 Å². The van der Waals surface area contributed by atoms with E-state index in [0.717, 1.165) is 15.6 Å². The maximum absolute atomic E-state index is 10.0. The molecule has 0 heterocycles. The first-order valence-electron chi connectivity index (χ1n) is 5.25. The van der Waals surface area contributed by atoms with Crippen molar-refractivity contribution in [2.45, 2.75) is 32.4 Å². The summed E-state index contributed by atoms with van der Waals surface area (Å²) in [7, 11) is 0. The number of aliphatic hydroxyl groups is 1. The summed E-state index contributed by atoms with van der Waals surface area (Å²) < 4.78 is 1.15. The number of nitrogens with two attached hydrogens (primary N) is 1. The molecule has 0 amide bonds. The highest BCUT2D eigenvalue weighted by molar-refractivity contribution is 14.1. The summed E-state index contributed by atoms with van der Waals surface area (Å²) >= 11 is 2.25. The van der Waals surface area contributed by atoms with E-state index in [-0.39, 0.29) is 24.4 Å². The molecule has 0 spiro atoms. The summed E-state index contributed by atoms with van der Waals surface area (Å²) in [4.78, 5) is 0. The van der Waals surface area contributed by atoms with Crippen molar-refractivity contribution in [2.24, 2.45) is 11.7 Å². The van der Waals surface area contributed by atoms with Crippen molar-refractivity contribution >= 4 is 35.0 Å². The molecule has 0 bridgehead atoms. The molecule has 16 heavy (non-hydrogen) atoms. The summed E-state index contributed by atoms with van der Waals surface area (Å²) in [5, 5.41) is 10.0. The Morgan fingerprint density at radius 3 is 2.56 bits per heavy atom. The Labute approximate surface area is 117 Å². The summed E-state index contributed by atoms with van der Waals surface area (Å²) in [5.74, 6) is 0.234. The van der Waals surface area contributed by atoms with Gasteiger partial charge in [0.05, 0.1) is 12.1 Å². The molecule has 92 valence electrons. The monoisotopic (exact) mass is 355 g/mol. The minimum atomic E-state index is -0.465. The lowest BCUT2D eigenvalue weighted by Crippen LogP contribution is -2.31. The molecule has 1 aromatic rings. The third kappa shape index (κ3) is 4.20. The van der Waals surface area contributed by atoms with Crippen LogP contribution in [0.4, 0.5) is 0 Å². The lowest BCUT2D eigenvalue weighted by atomic mass is 9.92. The van der Waals surface area contributed by atoms with Crippen LogP contribution in [0.3, 0.4) is 0 Å². The Morgan fingerprint density at radius 1 is 1.44 bits per heavy atom. The predicted molar refractivity (Wildman–Crippen MR) is 78.8 cm³/mol. The van der Waals surface area contributed by atoms with Gasteiger partial charge in [-0.3, -0.25) is 0 Å². The molecule has 0 aliphatic carbocycles. The van der Waals surface area contributed by atoms with Crippen LogP contribution in [0, 0.1) is 9.49 Å². The van der Waals surface area contributed by atoms with Crippen molar-refractivity contribution in [1.29, 1.82) is 0 Å². The molecule has 0 radical (unpaired) electrons. The van der Waals surface area contributed by atoms with Gasteiger partial charge >= 0.3 is 0 Å². The number of halogens is 2. The summed E-state index contributed by atoms with van der Waals surface area (Å²) in [5.41, 5.74) is 7.04. The van der Waals surface area contributed by atoms with Crippen LogP contribution in [0.2, 0.25) is 0 Å². The minimum absolute atomic E-state index is 0.